The Balaban J connectivity index is 1.70. The number of nitrogens with zero attached hydrogens (tertiary/aromatic N) is 1. The van der Waals surface area contributed by atoms with Gasteiger partial charge in [0.1, 0.15) is 12.4 Å². The molecule has 3 aromatic rings. The van der Waals surface area contributed by atoms with E-state index in [0.717, 1.165) is 32.6 Å². The van der Waals surface area contributed by atoms with Gasteiger partial charge in [0, 0.05) is 21.8 Å². The van der Waals surface area contributed by atoms with Gasteiger partial charge in [-0.15, -0.1) is 0 Å². The van der Waals surface area contributed by atoms with Crippen molar-refractivity contribution in [3.05, 3.63) is 91.4 Å². The fourth-order valence-electron chi connectivity index (χ4n) is 2.60. The zero-order chi connectivity index (χ0) is 19.4. The maximum absolute atomic E-state index is 6.19. The summed E-state index contributed by atoms with van der Waals surface area (Å²) in [6.45, 7) is 4.51. The zero-order valence-electron chi connectivity index (χ0n) is 15.0. The normalized spacial score (nSPS) is 11.1. The lowest BCUT2D eigenvalue weighted by atomic mass is 10.1. The van der Waals surface area contributed by atoms with Crippen LogP contribution in [0.2, 0.25) is 10.0 Å². The summed E-state index contributed by atoms with van der Waals surface area (Å²) in [5, 5.41) is 1.20. The summed E-state index contributed by atoms with van der Waals surface area (Å²) >= 11 is 15.7. The van der Waals surface area contributed by atoms with Gasteiger partial charge in [0.25, 0.3) is 0 Å². The third-order valence-corrected chi connectivity index (χ3v) is 5.27. The third kappa shape index (κ3) is 5.35. The van der Waals surface area contributed by atoms with Crippen molar-refractivity contribution in [2.45, 2.75) is 20.5 Å². The Kier molecular flexibility index (Phi) is 6.59. The van der Waals surface area contributed by atoms with Gasteiger partial charge >= 0.3 is 0 Å². The van der Waals surface area contributed by atoms with E-state index in [1.165, 1.54) is 5.56 Å². The first-order valence-corrected chi connectivity index (χ1v) is 9.95. The second-order valence-electron chi connectivity index (χ2n) is 6.26. The summed E-state index contributed by atoms with van der Waals surface area (Å²) in [5.41, 5.74) is 5.23. The second-order valence-corrected chi connectivity index (χ2v) is 7.96. The number of aliphatic imine (C=N–C) groups is 1. The molecule has 0 amide bonds. The topological polar surface area (TPSA) is 21.6 Å². The van der Waals surface area contributed by atoms with Crippen molar-refractivity contribution in [3.63, 3.8) is 0 Å². The average Bonchev–Trinajstić information content (AvgIpc) is 2.61. The standard InChI is InChI=1S/C22H18BrCl2NO/c1-14-3-7-21(15(2)9-14)26-12-16-4-8-22(19(23)10-16)27-13-17-5-6-18(24)11-20(17)25/h3-12H,13H2,1-2H3. The van der Waals surface area contributed by atoms with Crippen molar-refractivity contribution >= 4 is 51.0 Å². The molecule has 0 aromatic heterocycles. The zero-order valence-corrected chi connectivity index (χ0v) is 18.1. The summed E-state index contributed by atoms with van der Waals surface area (Å²) in [4.78, 5) is 4.58. The van der Waals surface area contributed by atoms with E-state index in [4.69, 9.17) is 27.9 Å². The van der Waals surface area contributed by atoms with Crippen molar-refractivity contribution < 1.29 is 4.74 Å². The van der Waals surface area contributed by atoms with Gasteiger partial charge in [-0.2, -0.15) is 0 Å². The van der Waals surface area contributed by atoms with E-state index in [2.05, 4.69) is 46.9 Å². The Labute approximate surface area is 177 Å². The second kappa shape index (κ2) is 8.92. The lowest BCUT2D eigenvalue weighted by Crippen LogP contribution is -1.97. The van der Waals surface area contributed by atoms with Crippen molar-refractivity contribution in [2.24, 2.45) is 4.99 Å². The van der Waals surface area contributed by atoms with Crippen molar-refractivity contribution in [1.82, 2.24) is 0 Å². The van der Waals surface area contributed by atoms with E-state index in [-0.39, 0.29) is 0 Å². The summed E-state index contributed by atoms with van der Waals surface area (Å²) in [6.07, 6.45) is 1.85. The summed E-state index contributed by atoms with van der Waals surface area (Å²) in [7, 11) is 0. The highest BCUT2D eigenvalue weighted by molar-refractivity contribution is 9.10. The maximum Gasteiger partial charge on any atom is 0.134 e. The lowest BCUT2D eigenvalue weighted by molar-refractivity contribution is 0.304. The molecule has 0 atom stereocenters. The van der Waals surface area contributed by atoms with Crippen LogP contribution in [0.5, 0.6) is 5.75 Å². The highest BCUT2D eigenvalue weighted by atomic mass is 79.9. The summed E-state index contributed by atoms with van der Waals surface area (Å²) in [6, 6.07) is 17.5. The fourth-order valence-corrected chi connectivity index (χ4v) is 3.58. The van der Waals surface area contributed by atoms with E-state index < -0.39 is 0 Å². The Morgan fingerprint density at radius 3 is 2.52 bits per heavy atom. The Bertz CT molecular complexity index is 1000. The van der Waals surface area contributed by atoms with Crippen molar-refractivity contribution in [2.75, 3.05) is 0 Å². The van der Waals surface area contributed by atoms with Crippen LogP contribution >= 0.6 is 39.1 Å². The van der Waals surface area contributed by atoms with Crippen LogP contribution in [0.4, 0.5) is 5.69 Å². The highest BCUT2D eigenvalue weighted by Crippen LogP contribution is 2.28. The number of hydrogen-bond donors (Lipinski definition) is 0. The molecule has 0 fully saturated rings. The number of benzene rings is 3. The van der Waals surface area contributed by atoms with Gasteiger partial charge in [-0.25, -0.2) is 0 Å². The molecule has 5 heteroatoms. The van der Waals surface area contributed by atoms with E-state index in [0.29, 0.717) is 16.7 Å². The van der Waals surface area contributed by atoms with E-state index in [1.807, 2.05) is 36.5 Å². The molecular formula is C22H18BrCl2NO. The molecule has 0 aliphatic heterocycles. The minimum atomic E-state index is 0.366. The molecule has 0 aliphatic carbocycles. The molecular weight excluding hydrogens is 445 g/mol. The number of halogens is 3. The molecule has 2 nitrogen and oxygen atoms in total. The van der Waals surface area contributed by atoms with Crippen LogP contribution in [0, 0.1) is 13.8 Å². The first kappa shape index (κ1) is 19.9. The monoisotopic (exact) mass is 461 g/mol. The lowest BCUT2D eigenvalue weighted by Gasteiger charge is -2.10. The number of hydrogen-bond acceptors (Lipinski definition) is 2. The Morgan fingerprint density at radius 1 is 1.00 bits per heavy atom. The van der Waals surface area contributed by atoms with Gasteiger partial charge in [-0.05, 0) is 77.3 Å². The van der Waals surface area contributed by atoms with Gasteiger partial charge in [0.05, 0.1) is 10.2 Å². The summed E-state index contributed by atoms with van der Waals surface area (Å²) < 4.78 is 6.73. The molecule has 138 valence electrons. The fraction of sp³-hybridized carbons (Fsp3) is 0.136. The van der Waals surface area contributed by atoms with Crippen LogP contribution in [0.1, 0.15) is 22.3 Å². The SMILES string of the molecule is Cc1ccc(N=Cc2ccc(OCc3ccc(Cl)cc3Cl)c(Br)c2)c(C)c1. The van der Waals surface area contributed by atoms with E-state index in [1.54, 1.807) is 12.1 Å². The van der Waals surface area contributed by atoms with Gasteiger partial charge in [-0.1, -0.05) is 47.0 Å². The van der Waals surface area contributed by atoms with Crippen LogP contribution in [0.3, 0.4) is 0 Å². The molecule has 27 heavy (non-hydrogen) atoms. The Morgan fingerprint density at radius 2 is 1.81 bits per heavy atom. The first-order valence-electron chi connectivity index (χ1n) is 8.40. The molecule has 0 heterocycles. The molecule has 0 radical (unpaired) electrons. The molecule has 0 spiro atoms. The van der Waals surface area contributed by atoms with Crippen LogP contribution in [0.15, 0.2) is 64.1 Å². The first-order chi connectivity index (χ1) is 12.9. The molecule has 0 saturated carbocycles. The van der Waals surface area contributed by atoms with Crippen molar-refractivity contribution in [1.29, 1.82) is 0 Å². The average molecular weight is 463 g/mol. The molecule has 0 unspecified atom stereocenters. The van der Waals surface area contributed by atoms with Crippen LogP contribution in [0.25, 0.3) is 0 Å². The number of aryl methyl sites for hydroxylation is 2. The summed E-state index contributed by atoms with van der Waals surface area (Å²) in [5.74, 6) is 0.740. The molecule has 0 aliphatic rings. The maximum atomic E-state index is 6.19. The van der Waals surface area contributed by atoms with Crippen LogP contribution < -0.4 is 4.74 Å². The highest BCUT2D eigenvalue weighted by Gasteiger charge is 2.06. The largest absolute Gasteiger partial charge is 0.488 e. The quantitative estimate of drug-likeness (QED) is 0.356. The molecule has 3 rings (SSSR count). The minimum absolute atomic E-state index is 0.366. The molecule has 0 bridgehead atoms. The van der Waals surface area contributed by atoms with Gasteiger partial charge in [-0.3, -0.25) is 4.99 Å². The van der Waals surface area contributed by atoms with Crippen LogP contribution in [-0.2, 0) is 6.61 Å². The predicted molar refractivity (Wildman–Crippen MR) is 118 cm³/mol. The minimum Gasteiger partial charge on any atom is -0.488 e. The number of rotatable bonds is 5. The molecule has 0 saturated heterocycles. The van der Waals surface area contributed by atoms with Gasteiger partial charge < -0.3 is 4.74 Å². The van der Waals surface area contributed by atoms with Crippen LogP contribution in [-0.4, -0.2) is 6.21 Å². The third-order valence-electron chi connectivity index (χ3n) is 4.06. The van der Waals surface area contributed by atoms with Crippen molar-refractivity contribution in [3.8, 4) is 5.75 Å². The Hall–Kier alpha value is -1.81. The van der Waals surface area contributed by atoms with Gasteiger partial charge in [0.15, 0.2) is 0 Å². The molecule has 0 N–H and O–H groups in total. The molecule has 3 aromatic carbocycles. The smallest absolute Gasteiger partial charge is 0.134 e. The van der Waals surface area contributed by atoms with E-state index in [9.17, 15) is 0 Å². The number of ether oxygens (including phenoxy) is 1. The van der Waals surface area contributed by atoms with Gasteiger partial charge in [0.2, 0.25) is 0 Å². The predicted octanol–water partition coefficient (Wildman–Crippen LogP) is 7.70. The van der Waals surface area contributed by atoms with E-state index >= 15 is 0 Å².